The van der Waals surface area contributed by atoms with Gasteiger partial charge in [-0.25, -0.2) is 4.99 Å². The molecule has 37 heavy (non-hydrogen) atoms. The van der Waals surface area contributed by atoms with E-state index in [0.29, 0.717) is 11.7 Å². The summed E-state index contributed by atoms with van der Waals surface area (Å²) in [6, 6.07) is 41.1. The van der Waals surface area contributed by atoms with Gasteiger partial charge in [0.05, 0.1) is 0 Å². The van der Waals surface area contributed by atoms with Gasteiger partial charge in [0.15, 0.2) is 5.84 Å². The minimum absolute atomic E-state index is 0.388. The molecule has 0 amide bonds. The van der Waals surface area contributed by atoms with Crippen molar-refractivity contribution in [1.29, 1.82) is 0 Å². The predicted molar refractivity (Wildman–Crippen MR) is 154 cm³/mol. The van der Waals surface area contributed by atoms with Crippen LogP contribution in [0.1, 0.15) is 11.1 Å². The number of fused-ring (bicyclic) bond motifs is 3. The molecule has 0 aliphatic carbocycles. The number of rotatable bonds is 4. The van der Waals surface area contributed by atoms with E-state index in [1.54, 1.807) is 7.05 Å². The maximum atomic E-state index is 6.46. The molecule has 6 aromatic rings. The highest BCUT2D eigenvalue weighted by molar-refractivity contribution is 6.13. The Morgan fingerprint density at radius 1 is 0.568 bits per heavy atom. The summed E-state index contributed by atoms with van der Waals surface area (Å²) in [7, 11) is 1.73. The van der Waals surface area contributed by atoms with Gasteiger partial charge < -0.3 is 10.2 Å². The summed E-state index contributed by atoms with van der Waals surface area (Å²) in [6.07, 6.45) is 0. The van der Waals surface area contributed by atoms with Crippen LogP contribution in [0.25, 0.3) is 44.2 Å². The Balaban J connectivity index is 1.32. The van der Waals surface area contributed by atoms with Crippen LogP contribution in [0.4, 0.5) is 0 Å². The molecule has 0 unspecified atom stereocenters. The third kappa shape index (κ3) is 4.41. The lowest BCUT2D eigenvalue weighted by Gasteiger charge is -2.09. The fraction of sp³-hybridized carbons (Fsp3) is 0.0303. The van der Waals surface area contributed by atoms with E-state index in [-0.39, 0.29) is 0 Å². The first-order valence-electron chi connectivity index (χ1n) is 12.2. The number of aliphatic imine (C=N–C) groups is 2. The average molecular weight is 480 g/mol. The minimum atomic E-state index is 0.388. The Labute approximate surface area is 215 Å². The third-order valence-electron chi connectivity index (χ3n) is 6.54. The van der Waals surface area contributed by atoms with Crippen molar-refractivity contribution in [3.05, 3.63) is 132 Å². The molecule has 0 fully saturated rings. The monoisotopic (exact) mass is 479 g/mol. The number of benzene rings is 5. The Kier molecular flexibility index (Phi) is 5.83. The van der Waals surface area contributed by atoms with Crippen molar-refractivity contribution >= 4 is 33.6 Å². The summed E-state index contributed by atoms with van der Waals surface area (Å²) in [6.45, 7) is 0. The number of para-hydroxylation sites is 1. The van der Waals surface area contributed by atoms with Gasteiger partial charge in [0.2, 0.25) is 0 Å². The number of nitrogens with zero attached hydrogens (tertiary/aromatic N) is 2. The second-order valence-electron chi connectivity index (χ2n) is 8.88. The molecule has 6 rings (SSSR count). The molecular weight excluding hydrogens is 454 g/mol. The molecule has 0 atom stereocenters. The van der Waals surface area contributed by atoms with Crippen molar-refractivity contribution in [2.24, 2.45) is 15.7 Å². The van der Waals surface area contributed by atoms with E-state index in [2.05, 4.69) is 71.7 Å². The standard InChI is InChI=1S/C33H25N3O/c1-35-33(36-32(34)26-17-18-29-28-15-5-6-16-30(28)37-31(29)21-26)27-14-8-13-25(20-27)24-12-7-11-23(19-24)22-9-3-2-4-10-22/h2-21H,1H3,(H2,34,35,36). The quantitative estimate of drug-likeness (QED) is 0.208. The van der Waals surface area contributed by atoms with Crippen molar-refractivity contribution in [3.63, 3.8) is 0 Å². The number of hydrogen-bond acceptors (Lipinski definition) is 2. The van der Waals surface area contributed by atoms with Crippen LogP contribution < -0.4 is 5.73 Å². The molecule has 178 valence electrons. The highest BCUT2D eigenvalue weighted by Crippen LogP contribution is 2.30. The number of furan rings is 1. The molecule has 0 aliphatic rings. The zero-order valence-corrected chi connectivity index (χ0v) is 20.4. The molecular formula is C33H25N3O. The topological polar surface area (TPSA) is 63.9 Å². The van der Waals surface area contributed by atoms with E-state index in [1.807, 2.05) is 54.6 Å². The summed E-state index contributed by atoms with van der Waals surface area (Å²) in [5.41, 5.74) is 14.4. The average Bonchev–Trinajstić information content (AvgIpc) is 3.34. The Morgan fingerprint density at radius 2 is 1.22 bits per heavy atom. The SMILES string of the molecule is CN=C(N=C(N)c1ccc2c(c1)oc1ccccc12)c1cccc(-c2cccc(-c3ccccc3)c2)c1. The normalized spacial score (nSPS) is 12.4. The predicted octanol–water partition coefficient (Wildman–Crippen LogP) is 7.70. The Bertz CT molecular complexity index is 1800. The molecule has 4 nitrogen and oxygen atoms in total. The lowest BCUT2D eigenvalue weighted by atomic mass is 9.98. The molecule has 0 radical (unpaired) electrons. The molecule has 1 aromatic heterocycles. The van der Waals surface area contributed by atoms with Crippen molar-refractivity contribution in [1.82, 2.24) is 0 Å². The Hall–Kier alpha value is -4.96. The van der Waals surface area contributed by atoms with Crippen molar-refractivity contribution < 1.29 is 4.42 Å². The molecule has 2 N–H and O–H groups in total. The molecule has 0 bridgehead atoms. The molecule has 0 saturated heterocycles. The van der Waals surface area contributed by atoms with E-state index in [0.717, 1.165) is 44.2 Å². The van der Waals surface area contributed by atoms with Gasteiger partial charge in [0.25, 0.3) is 0 Å². The van der Waals surface area contributed by atoms with Crippen LogP contribution in [0.3, 0.4) is 0 Å². The van der Waals surface area contributed by atoms with Gasteiger partial charge in [0, 0.05) is 28.9 Å². The zero-order valence-electron chi connectivity index (χ0n) is 20.4. The summed E-state index contributed by atoms with van der Waals surface area (Å²) < 4.78 is 6.02. The second-order valence-corrected chi connectivity index (χ2v) is 8.88. The lowest BCUT2D eigenvalue weighted by Crippen LogP contribution is -2.16. The van der Waals surface area contributed by atoms with Crippen molar-refractivity contribution in [2.45, 2.75) is 0 Å². The highest BCUT2D eigenvalue weighted by Gasteiger charge is 2.11. The first-order valence-corrected chi connectivity index (χ1v) is 12.2. The number of hydrogen-bond donors (Lipinski definition) is 1. The fourth-order valence-corrected chi connectivity index (χ4v) is 4.65. The van der Waals surface area contributed by atoms with Gasteiger partial charge in [0.1, 0.15) is 17.0 Å². The summed E-state index contributed by atoms with van der Waals surface area (Å²) in [5.74, 6) is 0.961. The van der Waals surface area contributed by atoms with Gasteiger partial charge >= 0.3 is 0 Å². The molecule has 0 saturated carbocycles. The molecule has 0 spiro atoms. The van der Waals surface area contributed by atoms with Gasteiger partial charge in [-0.3, -0.25) is 4.99 Å². The number of nitrogens with two attached hydrogens (primary N) is 1. The van der Waals surface area contributed by atoms with E-state index in [9.17, 15) is 0 Å². The summed E-state index contributed by atoms with van der Waals surface area (Å²) in [4.78, 5) is 9.15. The van der Waals surface area contributed by atoms with Gasteiger partial charge in [-0.2, -0.15) is 0 Å². The Morgan fingerprint density at radius 3 is 2.03 bits per heavy atom. The summed E-state index contributed by atoms with van der Waals surface area (Å²) in [5, 5.41) is 2.14. The maximum absolute atomic E-state index is 6.46. The van der Waals surface area contributed by atoms with E-state index in [1.165, 1.54) is 11.1 Å². The highest BCUT2D eigenvalue weighted by atomic mass is 16.3. The van der Waals surface area contributed by atoms with Crippen LogP contribution in [-0.2, 0) is 0 Å². The first-order chi connectivity index (χ1) is 18.2. The second kappa shape index (κ2) is 9.59. The van der Waals surface area contributed by atoms with E-state index in [4.69, 9.17) is 15.1 Å². The van der Waals surface area contributed by atoms with E-state index >= 15 is 0 Å². The van der Waals surface area contributed by atoms with Gasteiger partial charge in [-0.05, 0) is 52.6 Å². The minimum Gasteiger partial charge on any atom is -0.456 e. The lowest BCUT2D eigenvalue weighted by molar-refractivity contribution is 0.669. The maximum Gasteiger partial charge on any atom is 0.156 e. The summed E-state index contributed by atoms with van der Waals surface area (Å²) >= 11 is 0. The fourth-order valence-electron chi connectivity index (χ4n) is 4.65. The molecule has 5 aromatic carbocycles. The van der Waals surface area contributed by atoms with Crippen molar-refractivity contribution in [3.8, 4) is 22.3 Å². The van der Waals surface area contributed by atoms with Crippen molar-refractivity contribution in [2.75, 3.05) is 7.05 Å². The van der Waals surface area contributed by atoms with Gasteiger partial charge in [-0.1, -0.05) is 91.0 Å². The van der Waals surface area contributed by atoms with Crippen LogP contribution in [0.2, 0.25) is 0 Å². The van der Waals surface area contributed by atoms with Gasteiger partial charge in [-0.15, -0.1) is 0 Å². The van der Waals surface area contributed by atoms with Crippen LogP contribution in [0, 0.1) is 0 Å². The van der Waals surface area contributed by atoms with Crippen LogP contribution in [0.5, 0.6) is 0 Å². The van der Waals surface area contributed by atoms with Crippen LogP contribution >= 0.6 is 0 Å². The smallest absolute Gasteiger partial charge is 0.156 e. The molecule has 0 aliphatic heterocycles. The van der Waals surface area contributed by atoms with Crippen LogP contribution in [0.15, 0.2) is 136 Å². The third-order valence-corrected chi connectivity index (χ3v) is 6.54. The number of amidine groups is 2. The largest absolute Gasteiger partial charge is 0.456 e. The zero-order chi connectivity index (χ0) is 25.2. The molecule has 1 heterocycles. The van der Waals surface area contributed by atoms with Crippen LogP contribution in [-0.4, -0.2) is 18.7 Å². The van der Waals surface area contributed by atoms with E-state index < -0.39 is 0 Å². The molecule has 4 heteroatoms. The first kappa shape index (κ1) is 22.5.